The molecular weight excluding hydrogens is 505 g/mol. The molecule has 182 valence electrons. The molecule has 0 aliphatic carbocycles. The van der Waals surface area contributed by atoms with Crippen molar-refractivity contribution < 1.29 is 13.1 Å². The molecule has 6 heteroatoms. The van der Waals surface area contributed by atoms with E-state index in [1.165, 1.54) is 16.7 Å². The number of hydrogen-bond acceptors (Lipinski definition) is 3. The number of nitrogens with zero attached hydrogens (tertiary/aromatic N) is 3. The molecule has 3 rings (SSSR count). The molecule has 34 heavy (non-hydrogen) atoms. The number of pyridine rings is 1. The van der Waals surface area contributed by atoms with E-state index < -0.39 is 0 Å². The molecule has 0 unspecified atom stereocenters. The number of aryl methyl sites for hydroxylation is 1. The topological polar surface area (TPSA) is 37.6 Å². The Balaban J connectivity index is 0.00000129. The molecule has 0 atom stereocenters. The number of aromatic nitrogens is 1. The van der Waals surface area contributed by atoms with Crippen molar-refractivity contribution in [2.45, 2.75) is 60.3 Å². The van der Waals surface area contributed by atoms with Gasteiger partial charge in [0.1, 0.15) is 0 Å². The van der Waals surface area contributed by atoms with Crippen LogP contribution in [-0.4, -0.2) is 16.4 Å². The molecule has 0 fully saturated rings. The third kappa shape index (κ3) is 7.78. The molecule has 1 heterocycles. The maximum absolute atomic E-state index is 4.99. The molecule has 1 aromatic heterocycles. The Kier molecular flexibility index (Phi) is 11.5. The summed E-state index contributed by atoms with van der Waals surface area (Å²) in [6.45, 7) is 15.0. The van der Waals surface area contributed by atoms with Gasteiger partial charge in [0.2, 0.25) is 0 Å². The Morgan fingerprint density at radius 3 is 1.82 bits per heavy atom. The van der Waals surface area contributed by atoms with Crippen LogP contribution in [0.5, 0.6) is 0 Å². The van der Waals surface area contributed by atoms with Crippen molar-refractivity contribution in [3.63, 3.8) is 0 Å². The summed E-state index contributed by atoms with van der Waals surface area (Å²) in [5, 5.41) is 0. The van der Waals surface area contributed by atoms with Crippen LogP contribution in [0.3, 0.4) is 0 Å². The van der Waals surface area contributed by atoms with Gasteiger partial charge in [0, 0.05) is 0 Å². The van der Waals surface area contributed by atoms with Crippen molar-refractivity contribution in [1.29, 1.82) is 0 Å². The van der Waals surface area contributed by atoms with Crippen molar-refractivity contribution in [2.75, 3.05) is 0 Å². The van der Waals surface area contributed by atoms with Crippen molar-refractivity contribution in [3.05, 3.63) is 88.7 Å². The minimum absolute atomic E-state index is 0.194. The van der Waals surface area contributed by atoms with Crippen LogP contribution in [0.2, 0.25) is 0 Å². The van der Waals surface area contributed by atoms with Gasteiger partial charge in [-0.2, -0.15) is 0 Å². The summed E-state index contributed by atoms with van der Waals surface area (Å²) in [5.74, 6) is 0.840. The molecule has 2 aromatic carbocycles. The Morgan fingerprint density at radius 1 is 0.735 bits per heavy atom. The van der Waals surface area contributed by atoms with Gasteiger partial charge in [-0.25, -0.2) is 4.98 Å². The van der Waals surface area contributed by atoms with Gasteiger partial charge in [-0.3, -0.25) is 9.98 Å². The molecule has 0 radical (unpaired) electrons. The Bertz CT molecular complexity index is 1150. The van der Waals surface area contributed by atoms with Crippen LogP contribution in [0.4, 0.5) is 11.4 Å². The molecule has 0 saturated carbocycles. The normalized spacial score (nSPS) is 12.2. The van der Waals surface area contributed by atoms with Crippen molar-refractivity contribution in [1.82, 2.24) is 4.98 Å². The molecule has 0 N–H and O–H groups in total. The second-order valence-electron chi connectivity index (χ2n) is 8.73. The molecule has 0 saturated heterocycles. The Morgan fingerprint density at radius 2 is 1.24 bits per heavy atom. The standard InChI is InChI=1S/C28H33N3.2ClH.Fe/c1-18(2)23-13-8-9-15-27(23)29-21(6)25-16-11-17-26(31-25)22(7)30-28-20(5)12-10-14-24(28)19(3)4;;;/h8-19H,1-7H3;2*1H;/q;;;+2/p-2. The summed E-state index contributed by atoms with van der Waals surface area (Å²) in [6, 6.07) is 20.8. The van der Waals surface area contributed by atoms with Crippen LogP contribution in [-0.2, 0) is 13.1 Å². The first-order valence-corrected chi connectivity index (χ1v) is 14.3. The van der Waals surface area contributed by atoms with E-state index in [4.69, 9.17) is 35.2 Å². The maximum atomic E-state index is 4.99. The van der Waals surface area contributed by atoms with E-state index in [0.717, 1.165) is 34.2 Å². The summed E-state index contributed by atoms with van der Waals surface area (Å²) < 4.78 is 0. The molecule has 0 aliphatic heterocycles. The molecular formula is C28H33Cl2FeN3. The minimum atomic E-state index is 0.194. The van der Waals surface area contributed by atoms with Crippen LogP contribution in [0.15, 0.2) is 70.6 Å². The Labute approximate surface area is 219 Å². The molecule has 0 bridgehead atoms. The predicted octanol–water partition coefficient (Wildman–Crippen LogP) is 9.29. The summed E-state index contributed by atoms with van der Waals surface area (Å²) in [7, 11) is 9.53. The van der Waals surface area contributed by atoms with Crippen LogP contribution >= 0.6 is 20.2 Å². The predicted molar refractivity (Wildman–Crippen MR) is 145 cm³/mol. The quantitative estimate of drug-likeness (QED) is 0.228. The fraction of sp³-hybridized carbons (Fsp3) is 0.321. The Hall–Kier alpha value is -1.97. The molecule has 0 amide bonds. The van der Waals surface area contributed by atoms with E-state index in [1.807, 2.05) is 38.1 Å². The molecule has 3 nitrogen and oxygen atoms in total. The third-order valence-electron chi connectivity index (χ3n) is 5.51. The number of hydrogen-bond donors (Lipinski definition) is 0. The number of aliphatic imine (C=N–C) groups is 2. The first-order valence-electron chi connectivity index (χ1n) is 11.3. The summed E-state index contributed by atoms with van der Waals surface area (Å²) in [5.41, 5.74) is 9.32. The zero-order chi connectivity index (χ0) is 25.3. The van der Waals surface area contributed by atoms with Crippen molar-refractivity contribution >= 4 is 43.0 Å². The number of para-hydroxylation sites is 2. The van der Waals surface area contributed by atoms with Crippen LogP contribution < -0.4 is 0 Å². The van der Waals surface area contributed by atoms with Crippen LogP contribution in [0.1, 0.15) is 81.5 Å². The van der Waals surface area contributed by atoms with E-state index in [2.05, 4.69) is 71.0 Å². The first-order chi connectivity index (χ1) is 16.2. The van der Waals surface area contributed by atoms with Gasteiger partial charge in [-0.05, 0) is 67.5 Å². The van der Waals surface area contributed by atoms with Crippen LogP contribution in [0.25, 0.3) is 0 Å². The average molecular weight is 538 g/mol. The van der Waals surface area contributed by atoms with Crippen molar-refractivity contribution in [2.24, 2.45) is 9.98 Å². The van der Waals surface area contributed by atoms with Gasteiger partial charge in [-0.1, -0.05) is 70.2 Å². The van der Waals surface area contributed by atoms with Gasteiger partial charge in [0.15, 0.2) is 0 Å². The van der Waals surface area contributed by atoms with E-state index in [-0.39, 0.29) is 13.1 Å². The number of halogens is 2. The average Bonchev–Trinajstić information content (AvgIpc) is 2.81. The SMILES string of the molecule is CC(=Nc1ccccc1C(C)C)c1cccc(C(C)=Nc2c(C)cccc2C(C)C)n1.[Cl][Fe][Cl]. The summed E-state index contributed by atoms with van der Waals surface area (Å²) in [6.07, 6.45) is 0. The van der Waals surface area contributed by atoms with Crippen LogP contribution in [0, 0.1) is 6.92 Å². The van der Waals surface area contributed by atoms with E-state index in [1.54, 1.807) is 0 Å². The molecule has 3 aromatic rings. The fourth-order valence-electron chi connectivity index (χ4n) is 3.68. The van der Waals surface area contributed by atoms with Gasteiger partial charge >= 0.3 is 33.3 Å². The zero-order valence-corrected chi connectivity index (χ0v) is 23.5. The van der Waals surface area contributed by atoms with Crippen molar-refractivity contribution in [3.8, 4) is 0 Å². The summed E-state index contributed by atoms with van der Waals surface area (Å²) >= 11 is 0.194. The second kappa shape index (κ2) is 13.8. The van der Waals surface area contributed by atoms with Gasteiger partial charge in [-0.15, -0.1) is 0 Å². The van der Waals surface area contributed by atoms with Gasteiger partial charge < -0.3 is 0 Å². The van der Waals surface area contributed by atoms with Gasteiger partial charge in [0.05, 0.1) is 34.2 Å². The molecule has 0 aliphatic rings. The first kappa shape index (κ1) is 28.3. The third-order valence-corrected chi connectivity index (χ3v) is 5.51. The van der Waals surface area contributed by atoms with Gasteiger partial charge in [0.25, 0.3) is 0 Å². The zero-order valence-electron chi connectivity index (χ0n) is 20.9. The fourth-order valence-corrected chi connectivity index (χ4v) is 3.68. The van der Waals surface area contributed by atoms with E-state index in [9.17, 15) is 0 Å². The monoisotopic (exact) mass is 537 g/mol. The number of benzene rings is 2. The van der Waals surface area contributed by atoms with E-state index >= 15 is 0 Å². The summed E-state index contributed by atoms with van der Waals surface area (Å²) in [4.78, 5) is 14.8. The van der Waals surface area contributed by atoms with E-state index in [0.29, 0.717) is 11.8 Å². The second-order valence-corrected chi connectivity index (χ2v) is 10.6. The number of rotatable bonds is 6. The molecule has 0 spiro atoms.